The van der Waals surface area contributed by atoms with Gasteiger partial charge in [0, 0.05) is 0 Å². The number of hydrogen-bond donors (Lipinski definition) is 2. The van der Waals surface area contributed by atoms with Gasteiger partial charge >= 0.3 is 12.2 Å². The fraction of sp³-hybridized carbons (Fsp3) is 0.348. The highest BCUT2D eigenvalue weighted by Gasteiger charge is 2.54. The van der Waals surface area contributed by atoms with Gasteiger partial charge in [-0.15, -0.1) is 0 Å². The van der Waals surface area contributed by atoms with Crippen molar-refractivity contribution in [3.8, 4) is 0 Å². The Labute approximate surface area is 182 Å². The van der Waals surface area contributed by atoms with Gasteiger partial charge in [-0.1, -0.05) is 36.4 Å². The van der Waals surface area contributed by atoms with Gasteiger partial charge in [0.2, 0.25) is 5.91 Å². The molecular formula is C23H22F3N3O3. The Bertz CT molecular complexity index is 1090. The molecule has 168 valence electrons. The standard InChI is InChI=1S/C23H22F3N3O3/c1-14(16-7-4-9-17(12-16)23(24,25)26)27-19(30)13-29-20(31)22(28-21(29)32)11-5-8-15-6-2-3-10-18(15)22/h2-4,6-7,9-10,12,14H,5,8,11,13H2,1H3,(H,27,30)(H,28,32). The van der Waals surface area contributed by atoms with E-state index >= 15 is 0 Å². The molecule has 1 aliphatic heterocycles. The monoisotopic (exact) mass is 445 g/mol. The lowest BCUT2D eigenvalue weighted by Gasteiger charge is -2.33. The molecule has 2 atom stereocenters. The Kier molecular flexibility index (Phi) is 5.44. The quantitative estimate of drug-likeness (QED) is 0.705. The first-order chi connectivity index (χ1) is 15.1. The van der Waals surface area contributed by atoms with Crippen LogP contribution in [0.1, 0.15) is 48.1 Å². The van der Waals surface area contributed by atoms with Gasteiger partial charge in [0.15, 0.2) is 0 Å². The van der Waals surface area contributed by atoms with Crippen LogP contribution in [0, 0.1) is 0 Å². The molecule has 4 amide bonds. The molecule has 1 spiro atoms. The Morgan fingerprint density at radius 1 is 1.19 bits per heavy atom. The van der Waals surface area contributed by atoms with Crippen LogP contribution in [-0.4, -0.2) is 29.3 Å². The number of carbonyl (C=O) groups is 3. The number of hydrogen-bond acceptors (Lipinski definition) is 3. The van der Waals surface area contributed by atoms with Crippen LogP contribution in [0.2, 0.25) is 0 Å². The average Bonchev–Trinajstić information content (AvgIpc) is 2.98. The van der Waals surface area contributed by atoms with Crippen molar-refractivity contribution in [3.05, 3.63) is 70.8 Å². The van der Waals surface area contributed by atoms with Crippen LogP contribution in [0.25, 0.3) is 0 Å². The first kappa shape index (κ1) is 21.9. The maximum atomic E-state index is 13.2. The zero-order valence-electron chi connectivity index (χ0n) is 17.3. The molecule has 6 nitrogen and oxygen atoms in total. The van der Waals surface area contributed by atoms with Crippen molar-refractivity contribution >= 4 is 17.8 Å². The molecule has 4 rings (SSSR count). The summed E-state index contributed by atoms with van der Waals surface area (Å²) in [6.45, 7) is 1.02. The third kappa shape index (κ3) is 3.83. The van der Waals surface area contributed by atoms with Crippen LogP contribution < -0.4 is 10.6 Å². The highest BCUT2D eigenvalue weighted by atomic mass is 19.4. The zero-order valence-corrected chi connectivity index (χ0v) is 17.3. The van der Waals surface area contributed by atoms with E-state index in [0.29, 0.717) is 6.42 Å². The Morgan fingerprint density at radius 3 is 2.69 bits per heavy atom. The number of rotatable bonds is 4. The van der Waals surface area contributed by atoms with E-state index in [9.17, 15) is 27.6 Å². The van der Waals surface area contributed by atoms with Gasteiger partial charge in [-0.25, -0.2) is 4.79 Å². The second-order valence-corrected chi connectivity index (χ2v) is 8.15. The zero-order chi connectivity index (χ0) is 23.1. The lowest BCUT2D eigenvalue weighted by Crippen LogP contribution is -2.47. The molecule has 1 aliphatic carbocycles. The van der Waals surface area contributed by atoms with Crippen LogP contribution in [0.15, 0.2) is 48.5 Å². The molecule has 2 aliphatic rings. The van der Waals surface area contributed by atoms with Gasteiger partial charge in [-0.05, 0) is 55.0 Å². The molecule has 2 aromatic carbocycles. The average molecular weight is 445 g/mol. The number of aryl methyl sites for hydroxylation is 1. The first-order valence-corrected chi connectivity index (χ1v) is 10.3. The van der Waals surface area contributed by atoms with Gasteiger partial charge in [0.05, 0.1) is 11.6 Å². The Hall–Kier alpha value is -3.36. The summed E-state index contributed by atoms with van der Waals surface area (Å²) in [4.78, 5) is 39.3. The molecule has 2 aromatic rings. The van der Waals surface area contributed by atoms with Crippen molar-refractivity contribution in [2.24, 2.45) is 0 Å². The molecule has 2 N–H and O–H groups in total. The predicted octanol–water partition coefficient (Wildman–Crippen LogP) is 3.67. The number of amides is 4. The fourth-order valence-corrected chi connectivity index (χ4v) is 4.45. The van der Waals surface area contributed by atoms with Crippen LogP contribution in [0.5, 0.6) is 0 Å². The van der Waals surface area contributed by atoms with Gasteiger partial charge < -0.3 is 10.6 Å². The Balaban J connectivity index is 1.48. The SMILES string of the molecule is CC(NC(=O)CN1C(=O)NC2(CCCc3ccccc32)C1=O)c1cccc(C(F)(F)F)c1. The third-order valence-electron chi connectivity index (χ3n) is 6.04. The van der Waals surface area contributed by atoms with Crippen LogP contribution >= 0.6 is 0 Å². The number of nitrogens with one attached hydrogen (secondary N) is 2. The van der Waals surface area contributed by atoms with E-state index in [4.69, 9.17) is 0 Å². The molecule has 1 heterocycles. The van der Waals surface area contributed by atoms with Crippen molar-refractivity contribution in [1.29, 1.82) is 0 Å². The minimum absolute atomic E-state index is 0.267. The van der Waals surface area contributed by atoms with Gasteiger partial charge in [-0.2, -0.15) is 13.2 Å². The minimum atomic E-state index is -4.50. The maximum absolute atomic E-state index is 13.2. The Morgan fingerprint density at radius 2 is 1.94 bits per heavy atom. The van der Waals surface area contributed by atoms with Crippen molar-refractivity contribution in [2.45, 2.75) is 43.9 Å². The molecular weight excluding hydrogens is 423 g/mol. The summed E-state index contributed by atoms with van der Waals surface area (Å²) < 4.78 is 38.9. The third-order valence-corrected chi connectivity index (χ3v) is 6.04. The van der Waals surface area contributed by atoms with Gasteiger partial charge in [-0.3, -0.25) is 14.5 Å². The molecule has 0 saturated carbocycles. The summed E-state index contributed by atoms with van der Waals surface area (Å²) in [6.07, 6.45) is -2.54. The summed E-state index contributed by atoms with van der Waals surface area (Å²) in [6, 6.07) is 10.7. The second kappa shape index (κ2) is 7.96. The molecule has 32 heavy (non-hydrogen) atoms. The van der Waals surface area contributed by atoms with E-state index < -0.39 is 47.7 Å². The number of alkyl halides is 3. The fourth-order valence-electron chi connectivity index (χ4n) is 4.45. The molecule has 1 saturated heterocycles. The number of halogens is 3. The van der Waals surface area contributed by atoms with Crippen LogP contribution in [0.3, 0.4) is 0 Å². The number of carbonyl (C=O) groups excluding carboxylic acids is 3. The van der Waals surface area contributed by atoms with Gasteiger partial charge in [0.25, 0.3) is 5.91 Å². The van der Waals surface area contributed by atoms with Crippen LogP contribution in [-0.2, 0) is 27.7 Å². The van der Waals surface area contributed by atoms with Crippen molar-refractivity contribution in [2.75, 3.05) is 6.54 Å². The van der Waals surface area contributed by atoms with E-state index in [-0.39, 0.29) is 5.56 Å². The van der Waals surface area contributed by atoms with Gasteiger partial charge in [0.1, 0.15) is 12.1 Å². The number of fused-ring (bicyclic) bond motifs is 2. The number of nitrogens with zero attached hydrogens (tertiary/aromatic N) is 1. The largest absolute Gasteiger partial charge is 0.416 e. The number of benzene rings is 2. The highest BCUT2D eigenvalue weighted by Crippen LogP contribution is 2.39. The van der Waals surface area contributed by atoms with E-state index in [0.717, 1.165) is 41.0 Å². The molecule has 2 unspecified atom stereocenters. The molecule has 9 heteroatoms. The normalized spacial score (nSPS) is 21.3. The molecule has 1 fully saturated rings. The lowest BCUT2D eigenvalue weighted by atomic mass is 9.76. The van der Waals surface area contributed by atoms with E-state index in [2.05, 4.69) is 10.6 Å². The minimum Gasteiger partial charge on any atom is -0.348 e. The van der Waals surface area contributed by atoms with Crippen molar-refractivity contribution < 1.29 is 27.6 Å². The van der Waals surface area contributed by atoms with Crippen LogP contribution in [0.4, 0.5) is 18.0 Å². The van der Waals surface area contributed by atoms with E-state index in [1.807, 2.05) is 18.2 Å². The summed E-state index contributed by atoms with van der Waals surface area (Å²) in [5, 5.41) is 5.35. The maximum Gasteiger partial charge on any atom is 0.416 e. The van der Waals surface area contributed by atoms with E-state index in [1.165, 1.54) is 19.1 Å². The lowest BCUT2D eigenvalue weighted by molar-refractivity contribution is -0.137. The summed E-state index contributed by atoms with van der Waals surface area (Å²) in [5.74, 6) is -1.13. The predicted molar refractivity (Wildman–Crippen MR) is 109 cm³/mol. The van der Waals surface area contributed by atoms with Crippen molar-refractivity contribution in [3.63, 3.8) is 0 Å². The summed E-state index contributed by atoms with van der Waals surface area (Å²) in [5.41, 5.74) is -0.00773. The second-order valence-electron chi connectivity index (χ2n) is 8.15. The molecule has 0 radical (unpaired) electrons. The van der Waals surface area contributed by atoms with Crippen molar-refractivity contribution in [1.82, 2.24) is 15.5 Å². The highest BCUT2D eigenvalue weighted by molar-refractivity contribution is 6.09. The number of urea groups is 1. The van der Waals surface area contributed by atoms with E-state index in [1.54, 1.807) is 6.07 Å². The summed E-state index contributed by atoms with van der Waals surface area (Å²) in [7, 11) is 0. The first-order valence-electron chi connectivity index (χ1n) is 10.3. The molecule has 0 aromatic heterocycles. The topological polar surface area (TPSA) is 78.5 Å². The summed E-state index contributed by atoms with van der Waals surface area (Å²) >= 11 is 0. The molecule has 0 bridgehead atoms. The smallest absolute Gasteiger partial charge is 0.348 e. The number of imide groups is 1.